The molecular formula is C6H11Cl2N3. The quantitative estimate of drug-likeness (QED) is 0.659. The van der Waals surface area contributed by atoms with Crippen LogP contribution in [-0.2, 0) is 0 Å². The van der Waals surface area contributed by atoms with Crippen LogP contribution in [0.4, 0.5) is 11.5 Å². The van der Waals surface area contributed by atoms with Gasteiger partial charge in [0.15, 0.2) is 0 Å². The Morgan fingerprint density at radius 3 is 2.18 bits per heavy atom. The van der Waals surface area contributed by atoms with Crippen LogP contribution in [0.1, 0.15) is 5.56 Å². The molecule has 5 heteroatoms. The van der Waals surface area contributed by atoms with Gasteiger partial charge >= 0.3 is 0 Å². The Labute approximate surface area is 78.0 Å². The lowest BCUT2D eigenvalue weighted by atomic mass is 10.2. The highest BCUT2D eigenvalue weighted by Gasteiger charge is 1.91. The minimum Gasteiger partial charge on any atom is -0.397 e. The molecule has 0 fully saturated rings. The molecule has 1 aromatic heterocycles. The van der Waals surface area contributed by atoms with Gasteiger partial charge in [-0.15, -0.1) is 24.8 Å². The highest BCUT2D eigenvalue weighted by molar-refractivity contribution is 5.85. The number of aryl methyl sites for hydroxylation is 1. The zero-order chi connectivity index (χ0) is 6.85. The van der Waals surface area contributed by atoms with Gasteiger partial charge in [-0.3, -0.25) is 0 Å². The zero-order valence-corrected chi connectivity index (χ0v) is 7.71. The molecule has 3 nitrogen and oxygen atoms in total. The summed E-state index contributed by atoms with van der Waals surface area (Å²) in [6, 6.07) is 1.75. The predicted octanol–water partition coefficient (Wildman–Crippen LogP) is 1.40. The average molecular weight is 196 g/mol. The lowest BCUT2D eigenvalue weighted by Crippen LogP contribution is -1.94. The van der Waals surface area contributed by atoms with Gasteiger partial charge in [0.2, 0.25) is 0 Å². The molecular weight excluding hydrogens is 185 g/mol. The van der Waals surface area contributed by atoms with E-state index in [1.807, 2.05) is 6.92 Å². The molecule has 0 radical (unpaired) electrons. The van der Waals surface area contributed by atoms with Crippen molar-refractivity contribution in [3.8, 4) is 0 Å². The van der Waals surface area contributed by atoms with Crippen molar-refractivity contribution in [2.24, 2.45) is 0 Å². The molecule has 0 saturated carbocycles. The van der Waals surface area contributed by atoms with E-state index >= 15 is 0 Å². The third-order valence-electron chi connectivity index (χ3n) is 1.17. The van der Waals surface area contributed by atoms with Crippen LogP contribution in [-0.4, -0.2) is 4.98 Å². The van der Waals surface area contributed by atoms with Crippen LogP contribution >= 0.6 is 24.8 Å². The summed E-state index contributed by atoms with van der Waals surface area (Å²) in [6.07, 6.45) is 1.56. The minimum atomic E-state index is 0. The highest BCUT2D eigenvalue weighted by atomic mass is 35.5. The Hall–Kier alpha value is -0.670. The molecule has 0 aliphatic rings. The maximum absolute atomic E-state index is 5.47. The van der Waals surface area contributed by atoms with Crippen molar-refractivity contribution in [2.45, 2.75) is 6.92 Å². The first-order valence-corrected chi connectivity index (χ1v) is 2.68. The molecule has 0 bridgehead atoms. The first-order valence-electron chi connectivity index (χ1n) is 2.68. The fourth-order valence-electron chi connectivity index (χ4n) is 0.588. The molecule has 1 aromatic rings. The van der Waals surface area contributed by atoms with Gasteiger partial charge < -0.3 is 11.5 Å². The van der Waals surface area contributed by atoms with Crippen LogP contribution in [0.15, 0.2) is 12.3 Å². The van der Waals surface area contributed by atoms with Crippen molar-refractivity contribution in [3.05, 3.63) is 17.8 Å². The second-order valence-corrected chi connectivity index (χ2v) is 1.97. The topological polar surface area (TPSA) is 64.9 Å². The molecule has 1 rings (SSSR count). The molecule has 0 aliphatic heterocycles. The van der Waals surface area contributed by atoms with Crippen LogP contribution in [0.25, 0.3) is 0 Å². The number of aromatic nitrogens is 1. The van der Waals surface area contributed by atoms with Crippen LogP contribution < -0.4 is 11.5 Å². The summed E-state index contributed by atoms with van der Waals surface area (Å²) in [5.74, 6) is 0.515. The first kappa shape index (κ1) is 13.0. The minimum absolute atomic E-state index is 0. The van der Waals surface area contributed by atoms with Crippen molar-refractivity contribution in [2.75, 3.05) is 11.5 Å². The average Bonchev–Trinajstić information content (AvgIpc) is 1.80. The number of anilines is 2. The molecule has 0 spiro atoms. The lowest BCUT2D eigenvalue weighted by Gasteiger charge is -1.97. The molecule has 0 unspecified atom stereocenters. The maximum Gasteiger partial charge on any atom is 0.123 e. The Balaban J connectivity index is 0. The highest BCUT2D eigenvalue weighted by Crippen LogP contribution is 2.09. The van der Waals surface area contributed by atoms with Gasteiger partial charge in [-0.2, -0.15) is 0 Å². The standard InChI is InChI=1S/C6H9N3.2ClH/c1-4-2-6(8)9-3-5(4)7;;/h2-3H,7H2,1H3,(H2,8,9);2*1H. The zero-order valence-electron chi connectivity index (χ0n) is 6.07. The van der Waals surface area contributed by atoms with Gasteiger partial charge in [-0.1, -0.05) is 0 Å². The summed E-state index contributed by atoms with van der Waals surface area (Å²) in [5, 5.41) is 0. The van der Waals surface area contributed by atoms with E-state index in [-0.39, 0.29) is 24.8 Å². The molecule has 1 heterocycles. The van der Waals surface area contributed by atoms with Crippen LogP contribution in [0.2, 0.25) is 0 Å². The largest absolute Gasteiger partial charge is 0.397 e. The Morgan fingerprint density at radius 1 is 1.27 bits per heavy atom. The molecule has 0 saturated heterocycles. The van der Waals surface area contributed by atoms with Gasteiger partial charge in [0.25, 0.3) is 0 Å². The number of hydrogen-bond acceptors (Lipinski definition) is 3. The maximum atomic E-state index is 5.47. The molecule has 0 aliphatic carbocycles. The van der Waals surface area contributed by atoms with Gasteiger partial charge in [-0.05, 0) is 18.6 Å². The smallest absolute Gasteiger partial charge is 0.123 e. The first-order chi connectivity index (χ1) is 4.20. The van der Waals surface area contributed by atoms with Crippen molar-refractivity contribution in [1.29, 1.82) is 0 Å². The molecule has 11 heavy (non-hydrogen) atoms. The SMILES string of the molecule is Cc1cc(N)ncc1N.Cl.Cl. The number of halogens is 2. The third kappa shape index (κ3) is 3.30. The van der Waals surface area contributed by atoms with E-state index in [0.717, 1.165) is 5.56 Å². The fraction of sp³-hybridized carbons (Fsp3) is 0.167. The Kier molecular flexibility index (Phi) is 5.94. The molecule has 0 atom stereocenters. The molecule has 64 valence electrons. The van der Waals surface area contributed by atoms with Crippen LogP contribution in [0.5, 0.6) is 0 Å². The van der Waals surface area contributed by atoms with Gasteiger partial charge in [0.05, 0.1) is 11.9 Å². The van der Waals surface area contributed by atoms with E-state index in [0.29, 0.717) is 11.5 Å². The number of hydrogen-bond donors (Lipinski definition) is 2. The van der Waals surface area contributed by atoms with E-state index in [2.05, 4.69) is 4.98 Å². The lowest BCUT2D eigenvalue weighted by molar-refractivity contribution is 1.30. The van der Waals surface area contributed by atoms with E-state index in [1.165, 1.54) is 0 Å². The van der Waals surface area contributed by atoms with E-state index in [4.69, 9.17) is 11.5 Å². The summed E-state index contributed by atoms with van der Waals surface area (Å²) in [7, 11) is 0. The third-order valence-corrected chi connectivity index (χ3v) is 1.17. The fourth-order valence-corrected chi connectivity index (χ4v) is 0.588. The van der Waals surface area contributed by atoms with Crippen LogP contribution in [0.3, 0.4) is 0 Å². The Morgan fingerprint density at radius 2 is 1.82 bits per heavy atom. The number of pyridine rings is 1. The number of nitrogens with zero attached hydrogens (tertiary/aromatic N) is 1. The number of nitrogens with two attached hydrogens (primary N) is 2. The molecule has 4 N–H and O–H groups in total. The number of nitrogen functional groups attached to an aromatic ring is 2. The summed E-state index contributed by atoms with van der Waals surface area (Å²) in [6.45, 7) is 1.90. The normalized spacial score (nSPS) is 7.73. The van der Waals surface area contributed by atoms with E-state index in [1.54, 1.807) is 12.3 Å². The number of rotatable bonds is 0. The van der Waals surface area contributed by atoms with E-state index < -0.39 is 0 Å². The van der Waals surface area contributed by atoms with Gasteiger partial charge in [-0.25, -0.2) is 4.98 Å². The summed E-state index contributed by atoms with van der Waals surface area (Å²) in [5.41, 5.74) is 12.5. The van der Waals surface area contributed by atoms with Crippen LogP contribution in [0, 0.1) is 6.92 Å². The van der Waals surface area contributed by atoms with Crippen molar-refractivity contribution in [1.82, 2.24) is 4.98 Å². The summed E-state index contributed by atoms with van der Waals surface area (Å²) >= 11 is 0. The monoisotopic (exact) mass is 195 g/mol. The molecule has 0 aromatic carbocycles. The van der Waals surface area contributed by atoms with E-state index in [9.17, 15) is 0 Å². The second kappa shape index (κ2) is 5.04. The summed E-state index contributed by atoms with van der Waals surface area (Å²) in [4.78, 5) is 3.79. The van der Waals surface area contributed by atoms with Crippen molar-refractivity contribution in [3.63, 3.8) is 0 Å². The molecule has 0 amide bonds. The van der Waals surface area contributed by atoms with Crippen molar-refractivity contribution < 1.29 is 0 Å². The summed E-state index contributed by atoms with van der Waals surface area (Å²) < 4.78 is 0. The van der Waals surface area contributed by atoms with Gasteiger partial charge in [0, 0.05) is 0 Å². The van der Waals surface area contributed by atoms with Gasteiger partial charge in [0.1, 0.15) is 5.82 Å². The second-order valence-electron chi connectivity index (χ2n) is 1.97. The Bertz CT molecular complexity index is 227. The van der Waals surface area contributed by atoms with Crippen molar-refractivity contribution >= 4 is 36.3 Å². The predicted molar refractivity (Wildman–Crippen MR) is 52.3 cm³/mol.